The number of rotatable bonds is 6. The van der Waals surface area contributed by atoms with Crippen LogP contribution in [-0.4, -0.2) is 49.5 Å². The molecule has 0 aromatic heterocycles. The Morgan fingerprint density at radius 3 is 2.38 bits per heavy atom. The lowest BCUT2D eigenvalue weighted by molar-refractivity contribution is 0.0886. The van der Waals surface area contributed by atoms with Crippen molar-refractivity contribution in [3.05, 3.63) is 28.3 Å². The van der Waals surface area contributed by atoms with Crippen molar-refractivity contribution in [2.75, 3.05) is 32.7 Å². The molecule has 1 aliphatic rings. The van der Waals surface area contributed by atoms with Gasteiger partial charge in [-0.05, 0) is 57.4 Å². The maximum atomic E-state index is 13.1. The SMILES string of the molecule is Cc1cc(OC(C)C)c(C)c(C)c1C(=O)C(C)CN1CCNCC1. The van der Waals surface area contributed by atoms with Crippen LogP contribution in [0.15, 0.2) is 6.07 Å². The predicted molar refractivity (Wildman–Crippen MR) is 99.2 cm³/mol. The van der Waals surface area contributed by atoms with E-state index in [0.717, 1.165) is 60.7 Å². The summed E-state index contributed by atoms with van der Waals surface area (Å²) in [5.41, 5.74) is 4.03. The second kappa shape index (κ2) is 8.13. The maximum absolute atomic E-state index is 13.1. The van der Waals surface area contributed by atoms with Gasteiger partial charge in [0, 0.05) is 44.2 Å². The number of piperazine rings is 1. The summed E-state index contributed by atoms with van der Waals surface area (Å²) < 4.78 is 5.90. The Balaban J connectivity index is 2.20. The lowest BCUT2D eigenvalue weighted by Crippen LogP contribution is -2.45. The summed E-state index contributed by atoms with van der Waals surface area (Å²) in [4.78, 5) is 15.4. The summed E-state index contributed by atoms with van der Waals surface area (Å²) in [5, 5.41) is 3.36. The van der Waals surface area contributed by atoms with Crippen LogP contribution in [0.3, 0.4) is 0 Å². The molecule has 2 rings (SSSR count). The van der Waals surface area contributed by atoms with E-state index in [4.69, 9.17) is 4.74 Å². The first-order chi connectivity index (χ1) is 11.3. The summed E-state index contributed by atoms with van der Waals surface area (Å²) in [6, 6.07) is 2.02. The number of ether oxygens (including phenoxy) is 1. The molecule has 1 N–H and O–H groups in total. The van der Waals surface area contributed by atoms with Gasteiger partial charge in [0.15, 0.2) is 5.78 Å². The van der Waals surface area contributed by atoms with E-state index >= 15 is 0 Å². The highest BCUT2D eigenvalue weighted by molar-refractivity contribution is 6.01. The number of nitrogens with zero attached hydrogens (tertiary/aromatic N) is 1. The lowest BCUT2D eigenvalue weighted by Gasteiger charge is -2.29. The second-order valence-electron chi connectivity index (χ2n) is 7.30. The van der Waals surface area contributed by atoms with Crippen molar-refractivity contribution in [1.29, 1.82) is 0 Å². The third-order valence-electron chi connectivity index (χ3n) is 4.85. The van der Waals surface area contributed by atoms with Crippen molar-refractivity contribution >= 4 is 5.78 Å². The molecule has 1 aromatic carbocycles. The van der Waals surface area contributed by atoms with Crippen molar-refractivity contribution in [1.82, 2.24) is 10.2 Å². The van der Waals surface area contributed by atoms with Gasteiger partial charge < -0.3 is 15.0 Å². The van der Waals surface area contributed by atoms with Gasteiger partial charge in [-0.15, -0.1) is 0 Å². The van der Waals surface area contributed by atoms with Crippen LogP contribution in [-0.2, 0) is 0 Å². The summed E-state index contributed by atoms with van der Waals surface area (Å²) in [6.45, 7) is 17.1. The monoisotopic (exact) mass is 332 g/mol. The van der Waals surface area contributed by atoms with Gasteiger partial charge in [-0.2, -0.15) is 0 Å². The number of hydrogen-bond acceptors (Lipinski definition) is 4. The number of hydrogen-bond donors (Lipinski definition) is 1. The van der Waals surface area contributed by atoms with Crippen molar-refractivity contribution < 1.29 is 9.53 Å². The summed E-state index contributed by atoms with van der Waals surface area (Å²) >= 11 is 0. The molecule has 1 aliphatic heterocycles. The molecule has 0 amide bonds. The number of benzene rings is 1. The Hall–Kier alpha value is -1.39. The minimum Gasteiger partial charge on any atom is -0.491 e. The third kappa shape index (κ3) is 4.37. The van der Waals surface area contributed by atoms with E-state index in [2.05, 4.69) is 17.1 Å². The summed E-state index contributed by atoms with van der Waals surface area (Å²) in [6.07, 6.45) is 0.135. The highest BCUT2D eigenvalue weighted by atomic mass is 16.5. The van der Waals surface area contributed by atoms with Gasteiger partial charge in [-0.1, -0.05) is 6.92 Å². The van der Waals surface area contributed by atoms with E-state index in [-0.39, 0.29) is 17.8 Å². The van der Waals surface area contributed by atoms with Gasteiger partial charge in [-0.25, -0.2) is 0 Å². The molecule has 1 fully saturated rings. The van der Waals surface area contributed by atoms with Crippen LogP contribution in [0.1, 0.15) is 47.8 Å². The van der Waals surface area contributed by atoms with Gasteiger partial charge >= 0.3 is 0 Å². The fraction of sp³-hybridized carbons (Fsp3) is 0.650. The molecule has 134 valence electrons. The molecule has 24 heavy (non-hydrogen) atoms. The zero-order chi connectivity index (χ0) is 17.9. The number of ketones is 1. The Labute approximate surface area is 146 Å². The van der Waals surface area contributed by atoms with Crippen LogP contribution < -0.4 is 10.1 Å². The largest absolute Gasteiger partial charge is 0.491 e. The van der Waals surface area contributed by atoms with E-state index in [1.165, 1.54) is 0 Å². The van der Waals surface area contributed by atoms with Gasteiger partial charge in [0.2, 0.25) is 0 Å². The van der Waals surface area contributed by atoms with E-state index in [1.54, 1.807) is 0 Å². The number of Topliss-reactive ketones (excluding diaryl/α,β-unsaturated/α-hetero) is 1. The lowest BCUT2D eigenvalue weighted by atomic mass is 9.89. The van der Waals surface area contributed by atoms with Crippen molar-refractivity contribution in [3.63, 3.8) is 0 Å². The molecule has 1 unspecified atom stereocenters. The van der Waals surface area contributed by atoms with Gasteiger partial charge in [-0.3, -0.25) is 4.79 Å². The van der Waals surface area contributed by atoms with Crippen LogP contribution >= 0.6 is 0 Å². The average molecular weight is 332 g/mol. The smallest absolute Gasteiger partial charge is 0.167 e. The maximum Gasteiger partial charge on any atom is 0.167 e. The molecule has 4 nitrogen and oxygen atoms in total. The first-order valence-corrected chi connectivity index (χ1v) is 9.06. The normalized spacial score (nSPS) is 17.1. The van der Waals surface area contributed by atoms with Crippen LogP contribution in [0.2, 0.25) is 0 Å². The molecule has 0 spiro atoms. The molecule has 1 aromatic rings. The number of carbonyl (C=O) groups excluding carboxylic acids is 1. The first-order valence-electron chi connectivity index (χ1n) is 9.06. The fourth-order valence-electron chi connectivity index (χ4n) is 3.41. The Bertz CT molecular complexity index is 590. The first kappa shape index (κ1) is 18.9. The van der Waals surface area contributed by atoms with Crippen LogP contribution in [0.5, 0.6) is 5.75 Å². The van der Waals surface area contributed by atoms with Gasteiger partial charge in [0.1, 0.15) is 5.75 Å². The van der Waals surface area contributed by atoms with Gasteiger partial charge in [0.05, 0.1) is 6.10 Å². The Morgan fingerprint density at radius 1 is 1.17 bits per heavy atom. The van der Waals surface area contributed by atoms with Crippen molar-refractivity contribution in [2.24, 2.45) is 5.92 Å². The highest BCUT2D eigenvalue weighted by Crippen LogP contribution is 2.30. The van der Waals surface area contributed by atoms with E-state index in [9.17, 15) is 4.79 Å². The fourth-order valence-corrected chi connectivity index (χ4v) is 3.41. The highest BCUT2D eigenvalue weighted by Gasteiger charge is 2.24. The zero-order valence-electron chi connectivity index (χ0n) is 16.0. The zero-order valence-corrected chi connectivity index (χ0v) is 16.0. The molecular formula is C20H32N2O2. The minimum absolute atomic E-state index is 0.0109. The molecule has 0 saturated carbocycles. The minimum atomic E-state index is 0.0109. The quantitative estimate of drug-likeness (QED) is 0.813. The molecule has 1 heterocycles. The van der Waals surface area contributed by atoms with Gasteiger partial charge in [0.25, 0.3) is 0 Å². The molecule has 0 radical (unpaired) electrons. The number of carbonyl (C=O) groups is 1. The Morgan fingerprint density at radius 2 is 1.79 bits per heavy atom. The van der Waals surface area contributed by atoms with Crippen LogP contribution in [0.4, 0.5) is 0 Å². The predicted octanol–water partition coefficient (Wildman–Crippen LogP) is 3.12. The van der Waals surface area contributed by atoms with Crippen molar-refractivity contribution in [3.8, 4) is 5.75 Å². The molecule has 0 bridgehead atoms. The van der Waals surface area contributed by atoms with E-state index < -0.39 is 0 Å². The topological polar surface area (TPSA) is 41.6 Å². The second-order valence-corrected chi connectivity index (χ2v) is 7.30. The van der Waals surface area contributed by atoms with E-state index in [1.807, 2.05) is 40.7 Å². The molecule has 4 heteroatoms. The van der Waals surface area contributed by atoms with Crippen LogP contribution in [0.25, 0.3) is 0 Å². The third-order valence-corrected chi connectivity index (χ3v) is 4.85. The Kier molecular flexibility index (Phi) is 6.41. The number of nitrogens with one attached hydrogen (secondary N) is 1. The number of aryl methyl sites for hydroxylation is 1. The standard InChI is InChI=1S/C20H32N2O2/c1-13(2)24-18-11-14(3)19(17(6)16(18)5)20(23)15(4)12-22-9-7-21-8-10-22/h11,13,15,21H,7-10,12H2,1-6H3. The van der Waals surface area contributed by atoms with Crippen LogP contribution in [0, 0.1) is 26.7 Å². The molecule has 1 atom stereocenters. The summed E-state index contributed by atoms with van der Waals surface area (Å²) in [7, 11) is 0. The molecular weight excluding hydrogens is 300 g/mol. The van der Waals surface area contributed by atoms with E-state index in [0.29, 0.717) is 0 Å². The van der Waals surface area contributed by atoms with Crippen molar-refractivity contribution in [2.45, 2.75) is 47.6 Å². The average Bonchev–Trinajstić information content (AvgIpc) is 2.52. The summed E-state index contributed by atoms with van der Waals surface area (Å²) in [5.74, 6) is 1.16. The molecule has 0 aliphatic carbocycles. The molecule has 1 saturated heterocycles.